The Hall–Kier alpha value is -1.98. The third-order valence-corrected chi connectivity index (χ3v) is 4.19. The number of nitrogens with one attached hydrogen (secondary N) is 1. The molecule has 0 unspecified atom stereocenters. The lowest BCUT2D eigenvalue weighted by Gasteiger charge is -2.17. The van der Waals surface area contributed by atoms with Gasteiger partial charge >= 0.3 is 0 Å². The molecule has 0 aliphatic carbocycles. The molecule has 1 N–H and O–H groups in total. The van der Waals surface area contributed by atoms with Crippen LogP contribution in [-0.2, 0) is 4.79 Å². The molecule has 23 heavy (non-hydrogen) atoms. The van der Waals surface area contributed by atoms with E-state index in [4.69, 9.17) is 11.6 Å². The molecule has 0 atom stereocenters. The summed E-state index contributed by atoms with van der Waals surface area (Å²) in [5.41, 5.74) is 1.20. The quantitative estimate of drug-likeness (QED) is 0.837. The number of amides is 2. The third-order valence-electron chi connectivity index (χ3n) is 3.19. The Morgan fingerprint density at radius 1 is 1.09 bits per heavy atom. The van der Waals surface area contributed by atoms with Gasteiger partial charge in [-0.2, -0.15) is 0 Å². The molecule has 2 amide bonds. The lowest BCUT2D eigenvalue weighted by Crippen LogP contribution is -2.34. The molecule has 0 radical (unpaired) electrons. The van der Waals surface area contributed by atoms with Crippen molar-refractivity contribution >= 4 is 40.9 Å². The molecule has 6 heteroatoms. The van der Waals surface area contributed by atoms with Gasteiger partial charge in [0, 0.05) is 28.2 Å². The first-order chi connectivity index (χ1) is 11.0. The molecular weight excluding hydrogens is 332 g/mol. The van der Waals surface area contributed by atoms with Crippen molar-refractivity contribution in [3.05, 3.63) is 59.1 Å². The van der Waals surface area contributed by atoms with Crippen LogP contribution in [0.5, 0.6) is 0 Å². The van der Waals surface area contributed by atoms with Gasteiger partial charge in [-0.05, 0) is 54.8 Å². The van der Waals surface area contributed by atoms with Crippen LogP contribution in [0, 0.1) is 0 Å². The fourth-order valence-electron chi connectivity index (χ4n) is 1.97. The van der Waals surface area contributed by atoms with Crippen molar-refractivity contribution in [3.63, 3.8) is 0 Å². The molecular formula is C17H17ClN2O2S. The van der Waals surface area contributed by atoms with Gasteiger partial charge in [-0.25, -0.2) is 0 Å². The molecule has 0 aromatic heterocycles. The van der Waals surface area contributed by atoms with Crippen molar-refractivity contribution < 1.29 is 9.59 Å². The summed E-state index contributed by atoms with van der Waals surface area (Å²) in [6.45, 7) is -0.0221. The van der Waals surface area contributed by atoms with E-state index in [9.17, 15) is 9.59 Å². The number of anilines is 1. The number of hydrogen-bond acceptors (Lipinski definition) is 3. The number of thioether (sulfide) groups is 1. The Morgan fingerprint density at radius 3 is 2.26 bits per heavy atom. The van der Waals surface area contributed by atoms with Gasteiger partial charge in [-0.15, -0.1) is 11.8 Å². The largest absolute Gasteiger partial charge is 0.332 e. The normalized spacial score (nSPS) is 10.2. The van der Waals surface area contributed by atoms with E-state index in [2.05, 4.69) is 5.32 Å². The van der Waals surface area contributed by atoms with E-state index in [1.807, 2.05) is 18.4 Å². The number of nitrogens with zero attached hydrogens (tertiary/aromatic N) is 1. The summed E-state index contributed by atoms with van der Waals surface area (Å²) in [5.74, 6) is -0.451. The van der Waals surface area contributed by atoms with Crippen molar-refractivity contribution in [2.75, 3.05) is 25.2 Å². The van der Waals surface area contributed by atoms with E-state index in [1.54, 1.807) is 55.2 Å². The highest BCUT2D eigenvalue weighted by Gasteiger charge is 2.15. The first kappa shape index (κ1) is 17.4. The summed E-state index contributed by atoms with van der Waals surface area (Å²) in [6.07, 6.45) is 1.98. The zero-order valence-electron chi connectivity index (χ0n) is 12.9. The van der Waals surface area contributed by atoms with Crippen LogP contribution in [0.2, 0.25) is 5.02 Å². The minimum Gasteiger partial charge on any atom is -0.332 e. The highest BCUT2D eigenvalue weighted by molar-refractivity contribution is 7.98. The zero-order valence-corrected chi connectivity index (χ0v) is 14.4. The second-order valence-electron chi connectivity index (χ2n) is 4.94. The maximum atomic E-state index is 12.3. The smallest absolute Gasteiger partial charge is 0.254 e. The Morgan fingerprint density at radius 2 is 1.70 bits per heavy atom. The van der Waals surface area contributed by atoms with Gasteiger partial charge in [0.05, 0.1) is 6.54 Å². The molecule has 120 valence electrons. The van der Waals surface area contributed by atoms with Crippen LogP contribution in [0.3, 0.4) is 0 Å². The lowest BCUT2D eigenvalue weighted by atomic mass is 10.2. The summed E-state index contributed by atoms with van der Waals surface area (Å²) >= 11 is 7.41. The van der Waals surface area contributed by atoms with E-state index >= 15 is 0 Å². The average molecular weight is 349 g/mol. The Kier molecular flexibility index (Phi) is 6.07. The fourth-order valence-corrected chi connectivity index (χ4v) is 2.51. The van der Waals surface area contributed by atoms with Crippen molar-refractivity contribution in [2.24, 2.45) is 0 Å². The molecule has 0 saturated heterocycles. The van der Waals surface area contributed by atoms with Gasteiger partial charge in [0.25, 0.3) is 5.91 Å². The maximum absolute atomic E-state index is 12.3. The molecule has 0 aliphatic heterocycles. The molecule has 2 rings (SSSR count). The molecule has 0 fully saturated rings. The summed E-state index contributed by atoms with van der Waals surface area (Å²) in [5, 5.41) is 3.33. The second kappa shape index (κ2) is 8.04. The molecule has 4 nitrogen and oxygen atoms in total. The van der Waals surface area contributed by atoms with Crippen LogP contribution in [0.1, 0.15) is 10.4 Å². The van der Waals surface area contributed by atoms with Crippen molar-refractivity contribution in [1.82, 2.24) is 4.90 Å². The summed E-state index contributed by atoms with van der Waals surface area (Å²) in [6, 6.07) is 14.1. The Balaban J connectivity index is 1.94. The van der Waals surface area contributed by atoms with Gasteiger partial charge in [0.2, 0.25) is 5.91 Å². The number of carbonyl (C=O) groups excluding carboxylic acids is 2. The number of likely N-dealkylation sites (N-methyl/N-ethyl adjacent to an activating group) is 1. The van der Waals surface area contributed by atoms with Crippen LogP contribution in [-0.4, -0.2) is 36.6 Å². The monoisotopic (exact) mass is 348 g/mol. The molecule has 0 aliphatic rings. The number of benzene rings is 2. The van der Waals surface area contributed by atoms with E-state index in [-0.39, 0.29) is 18.4 Å². The second-order valence-corrected chi connectivity index (χ2v) is 6.26. The lowest BCUT2D eigenvalue weighted by molar-refractivity contribution is -0.116. The van der Waals surface area contributed by atoms with Crippen molar-refractivity contribution in [1.29, 1.82) is 0 Å². The highest BCUT2D eigenvalue weighted by atomic mass is 35.5. The molecule has 2 aromatic carbocycles. The standard InChI is InChI=1S/C17H17ClN2O2S/c1-20(17(22)12-3-9-15(23-2)10-4-12)11-16(21)19-14-7-5-13(18)6-8-14/h3-10H,11H2,1-2H3,(H,19,21). The summed E-state index contributed by atoms with van der Waals surface area (Å²) in [7, 11) is 1.60. The maximum Gasteiger partial charge on any atom is 0.254 e. The van der Waals surface area contributed by atoms with Crippen LogP contribution in [0.15, 0.2) is 53.4 Å². The van der Waals surface area contributed by atoms with Crippen LogP contribution in [0.25, 0.3) is 0 Å². The fraction of sp³-hybridized carbons (Fsp3) is 0.176. The highest BCUT2D eigenvalue weighted by Crippen LogP contribution is 2.16. The summed E-state index contributed by atoms with van der Waals surface area (Å²) in [4.78, 5) is 26.8. The van der Waals surface area contributed by atoms with E-state index in [1.165, 1.54) is 4.90 Å². The Labute approximate surface area is 144 Å². The first-order valence-corrected chi connectivity index (χ1v) is 8.55. The topological polar surface area (TPSA) is 49.4 Å². The van der Waals surface area contributed by atoms with E-state index in [0.717, 1.165) is 4.90 Å². The predicted molar refractivity (Wildman–Crippen MR) is 95.3 cm³/mol. The average Bonchev–Trinajstić information content (AvgIpc) is 2.56. The molecule has 0 heterocycles. The molecule has 0 spiro atoms. The molecule has 2 aromatic rings. The number of halogens is 1. The predicted octanol–water partition coefficient (Wildman–Crippen LogP) is 3.77. The minimum absolute atomic E-state index is 0.0221. The van der Waals surface area contributed by atoms with E-state index < -0.39 is 0 Å². The summed E-state index contributed by atoms with van der Waals surface area (Å²) < 4.78 is 0. The van der Waals surface area contributed by atoms with Gasteiger partial charge in [0.1, 0.15) is 0 Å². The van der Waals surface area contributed by atoms with Gasteiger partial charge in [-0.3, -0.25) is 9.59 Å². The first-order valence-electron chi connectivity index (χ1n) is 6.94. The van der Waals surface area contributed by atoms with Crippen LogP contribution < -0.4 is 5.32 Å². The van der Waals surface area contributed by atoms with Crippen molar-refractivity contribution in [3.8, 4) is 0 Å². The van der Waals surface area contributed by atoms with Crippen LogP contribution in [0.4, 0.5) is 5.69 Å². The molecule has 0 bridgehead atoms. The number of carbonyl (C=O) groups is 2. The molecule has 0 saturated carbocycles. The SMILES string of the molecule is CSc1ccc(C(=O)N(C)CC(=O)Nc2ccc(Cl)cc2)cc1. The zero-order chi connectivity index (χ0) is 16.8. The van der Waals surface area contributed by atoms with Gasteiger partial charge < -0.3 is 10.2 Å². The number of rotatable bonds is 5. The van der Waals surface area contributed by atoms with E-state index in [0.29, 0.717) is 16.3 Å². The van der Waals surface area contributed by atoms with Crippen molar-refractivity contribution in [2.45, 2.75) is 4.90 Å². The number of hydrogen-bond donors (Lipinski definition) is 1. The van der Waals surface area contributed by atoms with Gasteiger partial charge in [-0.1, -0.05) is 11.6 Å². The third kappa shape index (κ3) is 5.01. The minimum atomic E-state index is -0.260. The van der Waals surface area contributed by atoms with Crippen LogP contribution >= 0.6 is 23.4 Å². The van der Waals surface area contributed by atoms with Gasteiger partial charge in [0.15, 0.2) is 0 Å². The Bertz CT molecular complexity index is 687.